The van der Waals surface area contributed by atoms with Crippen LogP contribution < -0.4 is 9.64 Å². The number of nitrogens with zero attached hydrogens (tertiary/aromatic N) is 1. The van der Waals surface area contributed by atoms with Gasteiger partial charge in [0.1, 0.15) is 18.5 Å². The van der Waals surface area contributed by atoms with E-state index in [-0.39, 0.29) is 12.4 Å². The molecule has 2 aromatic carbocycles. The summed E-state index contributed by atoms with van der Waals surface area (Å²) < 4.78 is 5.64. The second-order valence-electron chi connectivity index (χ2n) is 6.22. The van der Waals surface area contributed by atoms with Crippen LogP contribution in [0.1, 0.15) is 29.3 Å². The van der Waals surface area contributed by atoms with Crippen molar-refractivity contribution >= 4 is 11.5 Å². The third kappa shape index (κ3) is 3.95. The first-order valence-corrected chi connectivity index (χ1v) is 8.38. The summed E-state index contributed by atoms with van der Waals surface area (Å²) in [6, 6.07) is 15.4. The molecule has 0 fully saturated rings. The Morgan fingerprint density at radius 2 is 1.96 bits per heavy atom. The predicted molar refractivity (Wildman–Crippen MR) is 94.9 cm³/mol. The summed E-state index contributed by atoms with van der Waals surface area (Å²) in [6.45, 7) is 3.29. The van der Waals surface area contributed by atoms with Crippen LogP contribution in [0.15, 0.2) is 48.5 Å². The third-order valence-electron chi connectivity index (χ3n) is 4.34. The van der Waals surface area contributed by atoms with Crippen molar-refractivity contribution in [2.45, 2.75) is 25.9 Å². The number of anilines is 1. The Bertz CT molecular complexity index is 696. The van der Waals surface area contributed by atoms with Crippen molar-refractivity contribution < 1.29 is 14.6 Å². The van der Waals surface area contributed by atoms with Crippen molar-refractivity contribution in [3.05, 3.63) is 59.7 Å². The molecule has 126 valence electrons. The molecule has 0 radical (unpaired) electrons. The van der Waals surface area contributed by atoms with Crippen molar-refractivity contribution in [3.63, 3.8) is 0 Å². The molecule has 24 heavy (non-hydrogen) atoms. The highest BCUT2D eigenvalue weighted by Crippen LogP contribution is 2.26. The number of Topliss-reactive ketones (excluding diaryl/α,β-unsaturated/α-hetero) is 1. The van der Waals surface area contributed by atoms with Crippen LogP contribution in [0.4, 0.5) is 5.69 Å². The van der Waals surface area contributed by atoms with Gasteiger partial charge in [-0.25, -0.2) is 0 Å². The fraction of sp³-hybridized carbons (Fsp3) is 0.350. The first-order chi connectivity index (χ1) is 11.6. The number of aliphatic hydroxyl groups is 1. The van der Waals surface area contributed by atoms with E-state index in [0.29, 0.717) is 17.9 Å². The van der Waals surface area contributed by atoms with E-state index in [4.69, 9.17) is 4.74 Å². The summed E-state index contributed by atoms with van der Waals surface area (Å²) in [5.74, 6) is 0.698. The van der Waals surface area contributed by atoms with Gasteiger partial charge in [0.05, 0.1) is 0 Å². The molecule has 1 N–H and O–H groups in total. The van der Waals surface area contributed by atoms with Gasteiger partial charge in [-0.1, -0.05) is 18.2 Å². The molecule has 1 heterocycles. The molecular weight excluding hydrogens is 302 g/mol. The molecule has 0 spiro atoms. The molecule has 0 saturated heterocycles. The first-order valence-electron chi connectivity index (χ1n) is 8.38. The summed E-state index contributed by atoms with van der Waals surface area (Å²) in [5, 5.41) is 10.3. The number of aryl methyl sites for hydroxylation is 1. The molecule has 4 heteroatoms. The molecule has 0 bridgehead atoms. The number of carbonyl (C=O) groups is 1. The highest BCUT2D eigenvalue weighted by Gasteiger charge is 2.19. The topological polar surface area (TPSA) is 49.8 Å². The maximum atomic E-state index is 11.3. The maximum Gasteiger partial charge on any atom is 0.159 e. The minimum atomic E-state index is -0.566. The number of β-amino-alcohol motifs (C(OH)–C–C–N with tert-alkyl or cyclic N) is 1. The normalized spacial score (nSPS) is 14.8. The average molecular weight is 325 g/mol. The van der Waals surface area contributed by atoms with Crippen molar-refractivity contribution in [1.82, 2.24) is 0 Å². The monoisotopic (exact) mass is 325 g/mol. The van der Waals surface area contributed by atoms with E-state index in [1.54, 1.807) is 24.3 Å². The summed E-state index contributed by atoms with van der Waals surface area (Å²) in [6.07, 6.45) is 1.64. The molecular formula is C20H23NO3. The third-order valence-corrected chi connectivity index (χ3v) is 4.34. The van der Waals surface area contributed by atoms with Crippen LogP contribution in [0.3, 0.4) is 0 Å². The van der Waals surface area contributed by atoms with Crippen LogP contribution in [0.25, 0.3) is 0 Å². The summed E-state index contributed by atoms with van der Waals surface area (Å²) in [4.78, 5) is 13.5. The summed E-state index contributed by atoms with van der Waals surface area (Å²) in [7, 11) is 0. The van der Waals surface area contributed by atoms with Crippen LogP contribution in [-0.4, -0.2) is 36.7 Å². The lowest BCUT2D eigenvalue weighted by Gasteiger charge is -2.32. The Morgan fingerprint density at radius 1 is 1.21 bits per heavy atom. The zero-order valence-electron chi connectivity index (χ0n) is 13.9. The van der Waals surface area contributed by atoms with E-state index in [2.05, 4.69) is 23.1 Å². The van der Waals surface area contributed by atoms with Crippen molar-refractivity contribution in [2.24, 2.45) is 0 Å². The van der Waals surface area contributed by atoms with Crippen LogP contribution >= 0.6 is 0 Å². The largest absolute Gasteiger partial charge is 0.491 e. The standard InChI is InChI=1S/C20H23NO3/c1-15(22)16-8-10-19(11-9-16)24-14-18(23)13-21-12-4-6-17-5-2-3-7-20(17)21/h2-3,5,7-11,18,23H,4,6,12-14H2,1H3/t18-/m1/s1. The SMILES string of the molecule is CC(=O)c1ccc(OC[C@H](O)CN2CCCc3ccccc32)cc1. The first kappa shape index (κ1) is 16.5. The number of para-hydroxylation sites is 1. The molecule has 0 saturated carbocycles. The van der Waals surface area contributed by atoms with Gasteiger partial charge in [-0.3, -0.25) is 4.79 Å². The van der Waals surface area contributed by atoms with Crippen LogP contribution in [0, 0.1) is 0 Å². The Kier molecular flexibility index (Phi) is 5.16. The van der Waals surface area contributed by atoms with E-state index >= 15 is 0 Å². The number of carbonyl (C=O) groups excluding carboxylic acids is 1. The van der Waals surface area contributed by atoms with Gasteiger partial charge in [0.2, 0.25) is 0 Å². The molecule has 4 nitrogen and oxygen atoms in total. The van der Waals surface area contributed by atoms with Crippen molar-refractivity contribution in [1.29, 1.82) is 0 Å². The highest BCUT2D eigenvalue weighted by molar-refractivity contribution is 5.94. The van der Waals surface area contributed by atoms with E-state index in [1.165, 1.54) is 18.2 Å². The Morgan fingerprint density at radius 3 is 2.71 bits per heavy atom. The second kappa shape index (κ2) is 7.49. The van der Waals surface area contributed by atoms with Gasteiger partial charge < -0.3 is 14.7 Å². The van der Waals surface area contributed by atoms with E-state index in [0.717, 1.165) is 19.4 Å². The number of aliphatic hydroxyl groups excluding tert-OH is 1. The molecule has 1 aliphatic rings. The molecule has 0 unspecified atom stereocenters. The zero-order valence-corrected chi connectivity index (χ0v) is 13.9. The Labute approximate surface area is 142 Å². The van der Waals surface area contributed by atoms with Crippen LogP contribution in [-0.2, 0) is 6.42 Å². The van der Waals surface area contributed by atoms with Gasteiger partial charge in [-0.15, -0.1) is 0 Å². The average Bonchev–Trinajstić information content (AvgIpc) is 2.61. The molecule has 0 aliphatic carbocycles. The van der Waals surface area contributed by atoms with E-state index < -0.39 is 6.10 Å². The summed E-state index contributed by atoms with van der Waals surface area (Å²) >= 11 is 0. The minimum Gasteiger partial charge on any atom is -0.491 e. The van der Waals surface area contributed by atoms with Gasteiger partial charge in [0.25, 0.3) is 0 Å². The summed E-state index contributed by atoms with van der Waals surface area (Å²) in [5.41, 5.74) is 3.22. The predicted octanol–water partition coefficient (Wildman–Crippen LogP) is 3.08. The van der Waals surface area contributed by atoms with Gasteiger partial charge in [0.15, 0.2) is 5.78 Å². The zero-order chi connectivity index (χ0) is 16.9. The molecule has 3 rings (SSSR count). The van der Waals surface area contributed by atoms with Crippen LogP contribution in [0.5, 0.6) is 5.75 Å². The molecule has 2 aromatic rings. The second-order valence-corrected chi connectivity index (χ2v) is 6.22. The van der Waals surface area contributed by atoms with E-state index in [9.17, 15) is 9.90 Å². The number of ether oxygens (including phenoxy) is 1. The van der Waals surface area contributed by atoms with Gasteiger partial charge >= 0.3 is 0 Å². The lowest BCUT2D eigenvalue weighted by atomic mass is 10.0. The fourth-order valence-corrected chi connectivity index (χ4v) is 3.09. The molecule has 0 amide bonds. The van der Waals surface area contributed by atoms with E-state index in [1.807, 2.05) is 6.07 Å². The number of ketones is 1. The maximum absolute atomic E-state index is 11.3. The molecule has 0 aromatic heterocycles. The smallest absolute Gasteiger partial charge is 0.159 e. The lowest BCUT2D eigenvalue weighted by Crippen LogP contribution is -2.38. The lowest BCUT2D eigenvalue weighted by molar-refractivity contribution is 0.101. The number of hydrogen-bond donors (Lipinski definition) is 1. The van der Waals surface area contributed by atoms with Gasteiger partial charge in [-0.2, -0.15) is 0 Å². The Balaban J connectivity index is 1.55. The van der Waals surface area contributed by atoms with Crippen molar-refractivity contribution in [3.8, 4) is 5.75 Å². The Hall–Kier alpha value is -2.33. The number of hydrogen-bond acceptors (Lipinski definition) is 4. The number of rotatable bonds is 6. The van der Waals surface area contributed by atoms with Gasteiger partial charge in [0, 0.05) is 24.3 Å². The number of benzene rings is 2. The highest BCUT2D eigenvalue weighted by atomic mass is 16.5. The quantitative estimate of drug-likeness (QED) is 0.829. The molecule has 1 aliphatic heterocycles. The van der Waals surface area contributed by atoms with Crippen LogP contribution in [0.2, 0.25) is 0 Å². The molecule has 1 atom stereocenters. The van der Waals surface area contributed by atoms with Gasteiger partial charge in [-0.05, 0) is 55.7 Å². The van der Waals surface area contributed by atoms with Crippen molar-refractivity contribution in [2.75, 3.05) is 24.6 Å². The fourth-order valence-electron chi connectivity index (χ4n) is 3.09. The number of fused-ring (bicyclic) bond motifs is 1. The minimum absolute atomic E-state index is 0.0327.